The van der Waals surface area contributed by atoms with Gasteiger partial charge in [-0.2, -0.15) is 8.78 Å². The van der Waals surface area contributed by atoms with E-state index in [2.05, 4.69) is 0 Å². The fourth-order valence-electron chi connectivity index (χ4n) is 1.02. The number of rotatable bonds is 3. The second kappa shape index (κ2) is 4.01. The van der Waals surface area contributed by atoms with Gasteiger partial charge in [-0.3, -0.25) is 0 Å². The summed E-state index contributed by atoms with van der Waals surface area (Å²) in [5.74, 6) is -8.95. The van der Waals surface area contributed by atoms with Crippen molar-refractivity contribution in [3.63, 3.8) is 0 Å². The fraction of sp³-hybridized carbons (Fsp3) is 0.222. The van der Waals surface area contributed by atoms with E-state index < -0.39 is 35.1 Å². The lowest BCUT2D eigenvalue weighted by molar-refractivity contribution is -0.182. The number of carboxylic acid groups (broad SMARTS) is 1. The third-order valence-electron chi connectivity index (χ3n) is 1.92. The van der Waals surface area contributed by atoms with Crippen LogP contribution in [0, 0.1) is 5.82 Å². The predicted molar refractivity (Wildman–Crippen MR) is 45.6 cm³/mol. The Morgan fingerprint density at radius 1 is 1.38 bits per heavy atom. The van der Waals surface area contributed by atoms with Crippen LogP contribution >= 0.6 is 0 Å². The van der Waals surface area contributed by atoms with Crippen molar-refractivity contribution in [3.05, 3.63) is 29.6 Å². The summed E-state index contributed by atoms with van der Waals surface area (Å²) in [6, 6.07) is 1.99. The summed E-state index contributed by atoms with van der Waals surface area (Å²) in [5, 5.41) is 26.0. The van der Waals surface area contributed by atoms with Crippen molar-refractivity contribution in [3.8, 4) is 5.75 Å². The molecule has 0 amide bonds. The van der Waals surface area contributed by atoms with Gasteiger partial charge in [0.05, 0.1) is 0 Å². The molecule has 0 saturated carbocycles. The number of aliphatic hydroxyl groups excluding tert-OH is 1. The van der Waals surface area contributed by atoms with E-state index in [9.17, 15) is 18.0 Å². The molecule has 16 heavy (non-hydrogen) atoms. The third kappa shape index (κ3) is 2.08. The Hall–Kier alpha value is -1.76. The van der Waals surface area contributed by atoms with Crippen LogP contribution in [0.2, 0.25) is 0 Å². The number of hydrogen-bond acceptors (Lipinski definition) is 3. The lowest BCUT2D eigenvalue weighted by atomic mass is 10.0. The number of alkyl halides is 2. The molecule has 0 aliphatic heterocycles. The van der Waals surface area contributed by atoms with Crippen LogP contribution in [0.3, 0.4) is 0 Å². The third-order valence-corrected chi connectivity index (χ3v) is 1.92. The number of halogens is 3. The average Bonchev–Trinajstić information content (AvgIpc) is 2.20. The first kappa shape index (κ1) is 12.3. The minimum atomic E-state index is -4.43. The Labute approximate surface area is 87.6 Å². The first-order valence-corrected chi connectivity index (χ1v) is 4.04. The number of aliphatic carboxylic acids is 1. The standard InChI is InChI=1S/C9H7F3O4/c10-5-3-4(1-2-6(5)13)7(14)9(11,12)8(15)16/h1-3,7,13-14H,(H,15,16). The largest absolute Gasteiger partial charge is 0.505 e. The Kier molecular flexibility index (Phi) is 3.09. The van der Waals surface area contributed by atoms with Gasteiger partial charge in [-0.05, 0) is 17.7 Å². The van der Waals surface area contributed by atoms with E-state index in [1.807, 2.05) is 0 Å². The predicted octanol–water partition coefficient (Wildman–Crippen LogP) is 1.28. The first-order chi connectivity index (χ1) is 7.26. The number of carboxylic acids is 1. The van der Waals surface area contributed by atoms with Gasteiger partial charge in [0.2, 0.25) is 0 Å². The Balaban J connectivity index is 3.10. The van der Waals surface area contributed by atoms with E-state index in [0.717, 1.165) is 12.1 Å². The lowest BCUT2D eigenvalue weighted by Gasteiger charge is -2.18. The molecule has 7 heteroatoms. The van der Waals surface area contributed by atoms with E-state index in [1.54, 1.807) is 0 Å². The molecule has 1 unspecified atom stereocenters. The molecular weight excluding hydrogens is 229 g/mol. The van der Waals surface area contributed by atoms with Crippen molar-refractivity contribution in [2.24, 2.45) is 0 Å². The van der Waals surface area contributed by atoms with E-state index in [1.165, 1.54) is 0 Å². The van der Waals surface area contributed by atoms with Gasteiger partial charge < -0.3 is 15.3 Å². The molecule has 3 N–H and O–H groups in total. The van der Waals surface area contributed by atoms with Crippen molar-refractivity contribution in [2.75, 3.05) is 0 Å². The number of aliphatic hydroxyl groups is 1. The molecule has 0 bridgehead atoms. The van der Waals surface area contributed by atoms with Crippen LogP contribution in [0.25, 0.3) is 0 Å². The van der Waals surface area contributed by atoms with Gasteiger partial charge in [0, 0.05) is 0 Å². The SMILES string of the molecule is O=C(O)C(F)(F)C(O)c1ccc(O)c(F)c1. The fourth-order valence-corrected chi connectivity index (χ4v) is 1.02. The van der Waals surface area contributed by atoms with Gasteiger partial charge in [-0.1, -0.05) is 6.07 Å². The summed E-state index contributed by atoms with van der Waals surface area (Å²) in [6.45, 7) is 0. The minimum Gasteiger partial charge on any atom is -0.505 e. The topological polar surface area (TPSA) is 77.8 Å². The highest BCUT2D eigenvalue weighted by Crippen LogP contribution is 2.32. The van der Waals surface area contributed by atoms with Crippen molar-refractivity contribution in [1.29, 1.82) is 0 Å². The molecule has 0 spiro atoms. The van der Waals surface area contributed by atoms with E-state index in [0.29, 0.717) is 6.07 Å². The molecule has 1 aromatic carbocycles. The number of phenolic OH excluding ortho intramolecular Hbond substituents is 1. The highest BCUT2D eigenvalue weighted by Gasteiger charge is 2.47. The van der Waals surface area contributed by atoms with E-state index in [4.69, 9.17) is 15.3 Å². The Morgan fingerprint density at radius 3 is 2.38 bits per heavy atom. The van der Waals surface area contributed by atoms with E-state index in [-0.39, 0.29) is 0 Å². The van der Waals surface area contributed by atoms with Crippen LogP contribution in [-0.4, -0.2) is 27.2 Å². The molecular formula is C9H7F3O4. The molecule has 4 nitrogen and oxygen atoms in total. The molecule has 1 atom stereocenters. The summed E-state index contributed by atoms with van der Waals surface area (Å²) >= 11 is 0. The lowest BCUT2D eigenvalue weighted by Crippen LogP contribution is -2.35. The van der Waals surface area contributed by atoms with Crippen molar-refractivity contribution in [1.82, 2.24) is 0 Å². The summed E-state index contributed by atoms with van der Waals surface area (Å²) in [4.78, 5) is 10.1. The van der Waals surface area contributed by atoms with Gasteiger partial charge in [-0.15, -0.1) is 0 Å². The molecule has 0 aliphatic carbocycles. The van der Waals surface area contributed by atoms with Gasteiger partial charge in [0.15, 0.2) is 17.7 Å². The second-order valence-corrected chi connectivity index (χ2v) is 3.04. The minimum absolute atomic E-state index is 0.441. The summed E-state index contributed by atoms with van der Waals surface area (Å²) in [6.07, 6.45) is -2.68. The monoisotopic (exact) mass is 236 g/mol. The Bertz CT molecular complexity index is 419. The smallest absolute Gasteiger partial charge is 0.377 e. The number of benzene rings is 1. The van der Waals surface area contributed by atoms with Gasteiger partial charge in [-0.25, -0.2) is 9.18 Å². The number of hydrogen-bond donors (Lipinski definition) is 3. The van der Waals surface area contributed by atoms with E-state index >= 15 is 0 Å². The summed E-state index contributed by atoms with van der Waals surface area (Å²) in [7, 11) is 0. The van der Waals surface area contributed by atoms with Gasteiger partial charge >= 0.3 is 11.9 Å². The number of phenols is 1. The molecule has 1 aromatic rings. The number of aromatic hydroxyl groups is 1. The molecule has 0 radical (unpaired) electrons. The zero-order chi connectivity index (χ0) is 12.5. The quantitative estimate of drug-likeness (QED) is 0.738. The van der Waals surface area contributed by atoms with Crippen LogP contribution in [0.1, 0.15) is 11.7 Å². The van der Waals surface area contributed by atoms with Gasteiger partial charge in [0.25, 0.3) is 0 Å². The molecule has 0 fully saturated rings. The second-order valence-electron chi connectivity index (χ2n) is 3.04. The molecule has 88 valence electrons. The molecule has 0 aromatic heterocycles. The molecule has 0 saturated heterocycles. The number of carbonyl (C=O) groups is 1. The normalized spacial score (nSPS) is 13.5. The van der Waals surface area contributed by atoms with Crippen LogP contribution in [0.15, 0.2) is 18.2 Å². The molecule has 0 aliphatic rings. The molecule has 1 rings (SSSR count). The zero-order valence-electron chi connectivity index (χ0n) is 7.69. The van der Waals surface area contributed by atoms with Crippen LogP contribution in [0.4, 0.5) is 13.2 Å². The maximum absolute atomic E-state index is 12.8. The first-order valence-electron chi connectivity index (χ1n) is 4.04. The van der Waals surface area contributed by atoms with Crippen molar-refractivity contribution < 1.29 is 33.3 Å². The molecule has 0 heterocycles. The summed E-state index contributed by atoms with van der Waals surface area (Å²) in [5.41, 5.74) is -0.636. The van der Waals surface area contributed by atoms with Crippen LogP contribution in [0.5, 0.6) is 5.75 Å². The zero-order valence-corrected chi connectivity index (χ0v) is 7.69. The Morgan fingerprint density at radius 2 is 1.94 bits per heavy atom. The van der Waals surface area contributed by atoms with Crippen LogP contribution in [-0.2, 0) is 4.79 Å². The van der Waals surface area contributed by atoms with Crippen molar-refractivity contribution in [2.45, 2.75) is 12.0 Å². The average molecular weight is 236 g/mol. The highest BCUT2D eigenvalue weighted by atomic mass is 19.3. The highest BCUT2D eigenvalue weighted by molar-refractivity contribution is 5.76. The maximum atomic E-state index is 12.8. The maximum Gasteiger partial charge on any atom is 0.377 e. The van der Waals surface area contributed by atoms with Crippen LogP contribution < -0.4 is 0 Å². The van der Waals surface area contributed by atoms with Gasteiger partial charge in [0.1, 0.15) is 0 Å². The van der Waals surface area contributed by atoms with Crippen molar-refractivity contribution >= 4 is 5.97 Å². The summed E-state index contributed by atoms with van der Waals surface area (Å²) < 4.78 is 38.4.